The lowest BCUT2D eigenvalue weighted by molar-refractivity contribution is 0.276. The van der Waals surface area contributed by atoms with Gasteiger partial charge in [-0.2, -0.15) is 11.8 Å². The van der Waals surface area contributed by atoms with Gasteiger partial charge in [0.15, 0.2) is 0 Å². The summed E-state index contributed by atoms with van der Waals surface area (Å²) in [6.45, 7) is 0. The van der Waals surface area contributed by atoms with Crippen molar-refractivity contribution >= 4 is 11.8 Å². The van der Waals surface area contributed by atoms with Crippen molar-refractivity contribution in [2.24, 2.45) is 17.8 Å². The van der Waals surface area contributed by atoms with Gasteiger partial charge in [-0.1, -0.05) is 6.42 Å². The van der Waals surface area contributed by atoms with Crippen molar-refractivity contribution < 1.29 is 0 Å². The van der Waals surface area contributed by atoms with Gasteiger partial charge in [-0.15, -0.1) is 0 Å². The first kappa shape index (κ1) is 7.73. The highest BCUT2D eigenvalue weighted by Gasteiger charge is 2.58. The largest absolute Gasteiger partial charge is 0.158 e. The number of thioether (sulfide) groups is 1. The zero-order chi connectivity index (χ0) is 8.18. The van der Waals surface area contributed by atoms with Crippen molar-refractivity contribution in [3.8, 4) is 0 Å². The van der Waals surface area contributed by atoms with E-state index in [4.69, 9.17) is 0 Å². The summed E-state index contributed by atoms with van der Waals surface area (Å²) in [4.78, 5) is 0. The van der Waals surface area contributed by atoms with E-state index < -0.39 is 0 Å². The van der Waals surface area contributed by atoms with E-state index in [-0.39, 0.29) is 0 Å². The average Bonchev–Trinajstić information content (AvgIpc) is 2.76. The van der Waals surface area contributed by atoms with Gasteiger partial charge in [-0.3, -0.25) is 0 Å². The van der Waals surface area contributed by atoms with E-state index in [1.807, 2.05) is 0 Å². The molecule has 3 aliphatic carbocycles. The Morgan fingerprint density at radius 1 is 1.25 bits per heavy atom. The topological polar surface area (TPSA) is 0 Å². The lowest BCUT2D eigenvalue weighted by Crippen LogP contribution is -2.30. The van der Waals surface area contributed by atoms with Crippen molar-refractivity contribution in [3.05, 3.63) is 0 Å². The molecule has 0 aliphatic heterocycles. The first-order valence-corrected chi connectivity index (χ1v) is 6.63. The molecule has 0 heterocycles. The molecule has 3 fully saturated rings. The Morgan fingerprint density at radius 3 is 3.00 bits per heavy atom. The minimum atomic E-state index is 0.770. The lowest BCUT2D eigenvalue weighted by atomic mass is 9.81. The highest BCUT2D eigenvalue weighted by atomic mass is 32.2. The van der Waals surface area contributed by atoms with Crippen LogP contribution in [-0.2, 0) is 0 Å². The molecule has 3 rings (SSSR count). The van der Waals surface area contributed by atoms with Crippen LogP contribution in [0.5, 0.6) is 0 Å². The van der Waals surface area contributed by atoms with Gasteiger partial charge in [0.2, 0.25) is 0 Å². The third-order valence-electron chi connectivity index (χ3n) is 4.80. The fraction of sp³-hybridized carbons (Fsp3) is 1.00. The highest BCUT2D eigenvalue weighted by Crippen LogP contribution is 2.65. The predicted molar refractivity (Wildman–Crippen MR) is 54.4 cm³/mol. The minimum absolute atomic E-state index is 0.770. The zero-order valence-electron chi connectivity index (χ0n) is 7.88. The Morgan fingerprint density at radius 2 is 2.17 bits per heavy atom. The number of fused-ring (bicyclic) bond motifs is 5. The van der Waals surface area contributed by atoms with E-state index >= 15 is 0 Å². The molecule has 0 saturated heterocycles. The van der Waals surface area contributed by atoms with Crippen LogP contribution >= 0.6 is 11.8 Å². The lowest BCUT2D eigenvalue weighted by Gasteiger charge is -2.34. The van der Waals surface area contributed by atoms with Gasteiger partial charge in [0.25, 0.3) is 0 Å². The van der Waals surface area contributed by atoms with E-state index in [1.165, 1.54) is 6.42 Å². The maximum absolute atomic E-state index is 2.35. The summed E-state index contributed by atoms with van der Waals surface area (Å²) in [5.41, 5.74) is 0. The Kier molecular flexibility index (Phi) is 1.57. The smallest absolute Gasteiger partial charge is 0.0191 e. The molecule has 12 heavy (non-hydrogen) atoms. The number of hydrogen-bond acceptors (Lipinski definition) is 1. The van der Waals surface area contributed by atoms with E-state index in [0.717, 1.165) is 22.5 Å². The van der Waals surface area contributed by atoms with Crippen LogP contribution in [0.15, 0.2) is 0 Å². The molecule has 0 N–H and O–H groups in total. The van der Waals surface area contributed by atoms with Gasteiger partial charge in [0, 0.05) is 4.75 Å². The molecule has 0 radical (unpaired) electrons. The fourth-order valence-corrected chi connectivity index (χ4v) is 5.62. The van der Waals surface area contributed by atoms with E-state index in [1.54, 1.807) is 32.1 Å². The van der Waals surface area contributed by atoms with Crippen LogP contribution in [-0.4, -0.2) is 11.0 Å². The molecule has 0 aromatic rings. The first-order chi connectivity index (χ1) is 5.86. The van der Waals surface area contributed by atoms with Crippen LogP contribution in [0.4, 0.5) is 0 Å². The maximum atomic E-state index is 2.35. The third-order valence-corrected chi connectivity index (χ3v) is 6.29. The molecular weight excluding hydrogens is 164 g/mol. The summed E-state index contributed by atoms with van der Waals surface area (Å²) in [5.74, 6) is 3.43. The summed E-state index contributed by atoms with van der Waals surface area (Å²) >= 11 is 2.20. The zero-order valence-corrected chi connectivity index (χ0v) is 8.70. The number of hydrogen-bond donors (Lipinski definition) is 0. The Balaban J connectivity index is 1.95. The number of rotatable bonds is 1. The highest BCUT2D eigenvalue weighted by molar-refractivity contribution is 8.00. The predicted octanol–water partition coefficient (Wildman–Crippen LogP) is 3.32. The molecule has 68 valence electrons. The molecule has 0 nitrogen and oxygen atoms in total. The molecule has 0 amide bonds. The molecule has 1 heteroatoms. The molecule has 3 aliphatic rings. The standard InChI is InChI=1S/C11H18S/c1-12-11-6-5-8(7-11)9-3-2-4-10(9)11/h8-10H,2-7H2,1H3. The Hall–Kier alpha value is 0.350. The third kappa shape index (κ3) is 0.767. The second-order valence-electron chi connectivity index (χ2n) is 4.97. The first-order valence-electron chi connectivity index (χ1n) is 5.41. The monoisotopic (exact) mass is 182 g/mol. The van der Waals surface area contributed by atoms with Gasteiger partial charge in [0.05, 0.1) is 0 Å². The van der Waals surface area contributed by atoms with Crippen LogP contribution < -0.4 is 0 Å². The van der Waals surface area contributed by atoms with Crippen molar-refractivity contribution in [2.75, 3.05) is 6.26 Å². The van der Waals surface area contributed by atoms with Gasteiger partial charge in [-0.05, 0) is 56.1 Å². The summed E-state index contributed by atoms with van der Waals surface area (Å²) < 4.78 is 0.770. The van der Waals surface area contributed by atoms with E-state index in [2.05, 4.69) is 18.0 Å². The van der Waals surface area contributed by atoms with Gasteiger partial charge in [-0.25, -0.2) is 0 Å². The molecule has 0 spiro atoms. The van der Waals surface area contributed by atoms with Crippen LogP contribution in [0.3, 0.4) is 0 Å². The Bertz CT molecular complexity index is 201. The van der Waals surface area contributed by atoms with Crippen LogP contribution in [0.25, 0.3) is 0 Å². The fourth-order valence-electron chi connectivity index (χ4n) is 4.32. The molecule has 4 unspecified atom stereocenters. The van der Waals surface area contributed by atoms with Crippen LogP contribution in [0.2, 0.25) is 0 Å². The maximum Gasteiger partial charge on any atom is 0.0191 e. The SMILES string of the molecule is CSC12CCC(C1)C1CCCC12. The van der Waals surface area contributed by atoms with Crippen molar-refractivity contribution in [3.63, 3.8) is 0 Å². The molecule has 0 aromatic carbocycles. The molecular formula is C11H18S. The van der Waals surface area contributed by atoms with Crippen LogP contribution in [0, 0.1) is 17.8 Å². The normalized spacial score (nSPS) is 56.2. The van der Waals surface area contributed by atoms with Gasteiger partial charge < -0.3 is 0 Å². The second kappa shape index (κ2) is 2.43. The van der Waals surface area contributed by atoms with Gasteiger partial charge >= 0.3 is 0 Å². The summed E-state index contributed by atoms with van der Waals surface area (Å²) in [7, 11) is 0. The van der Waals surface area contributed by atoms with Crippen molar-refractivity contribution in [2.45, 2.75) is 43.3 Å². The second-order valence-corrected chi connectivity index (χ2v) is 6.19. The quantitative estimate of drug-likeness (QED) is 0.599. The molecule has 2 bridgehead atoms. The summed E-state index contributed by atoms with van der Waals surface area (Å²) in [6.07, 6.45) is 11.7. The summed E-state index contributed by atoms with van der Waals surface area (Å²) in [6, 6.07) is 0. The van der Waals surface area contributed by atoms with Crippen LogP contribution in [0.1, 0.15) is 38.5 Å². The van der Waals surface area contributed by atoms with Crippen molar-refractivity contribution in [1.82, 2.24) is 0 Å². The summed E-state index contributed by atoms with van der Waals surface area (Å²) in [5, 5.41) is 0. The minimum Gasteiger partial charge on any atom is -0.158 e. The average molecular weight is 182 g/mol. The molecule has 0 aromatic heterocycles. The van der Waals surface area contributed by atoms with Gasteiger partial charge in [0.1, 0.15) is 0 Å². The molecule has 3 saturated carbocycles. The Labute approximate surface area is 79.5 Å². The van der Waals surface area contributed by atoms with E-state index in [9.17, 15) is 0 Å². The van der Waals surface area contributed by atoms with Crippen molar-refractivity contribution in [1.29, 1.82) is 0 Å². The molecule has 4 atom stereocenters. The van der Waals surface area contributed by atoms with E-state index in [0.29, 0.717) is 0 Å².